The van der Waals surface area contributed by atoms with Gasteiger partial charge in [0.25, 0.3) is 5.91 Å². The van der Waals surface area contributed by atoms with Crippen molar-refractivity contribution in [2.75, 3.05) is 11.7 Å². The summed E-state index contributed by atoms with van der Waals surface area (Å²) in [6.07, 6.45) is 1.88. The first-order valence-corrected chi connectivity index (χ1v) is 9.92. The lowest BCUT2D eigenvalue weighted by Gasteiger charge is -2.25. The van der Waals surface area contributed by atoms with Crippen molar-refractivity contribution < 1.29 is 19.3 Å². The Kier molecular flexibility index (Phi) is 7.24. The number of unbranched alkanes of at least 4 members (excludes halogenated alkanes) is 1. The average Bonchev–Trinajstić information content (AvgIpc) is 2.81. The van der Waals surface area contributed by atoms with Crippen LogP contribution in [0.5, 0.6) is 0 Å². The molecule has 0 aromatic heterocycles. The zero-order valence-electron chi connectivity index (χ0n) is 17.1. The molecular formula is C24H22N2O5. The number of hydroxylamine groups is 1. The molecule has 0 aliphatic rings. The zero-order valence-corrected chi connectivity index (χ0v) is 17.1. The SMILES string of the molecule is CCCCON(C(=O)c1ccccc1)c1c(-c2ccccc2)ccc(C=O)c1[N+](=O)[O-]. The number of hydrogen-bond donors (Lipinski definition) is 0. The number of benzene rings is 3. The molecule has 0 fully saturated rings. The van der Waals surface area contributed by atoms with E-state index in [-0.39, 0.29) is 17.9 Å². The van der Waals surface area contributed by atoms with E-state index < -0.39 is 16.5 Å². The molecule has 0 N–H and O–H groups in total. The highest BCUT2D eigenvalue weighted by Gasteiger charge is 2.33. The molecule has 0 heterocycles. The molecule has 1 amide bonds. The summed E-state index contributed by atoms with van der Waals surface area (Å²) >= 11 is 0. The summed E-state index contributed by atoms with van der Waals surface area (Å²) in [5.41, 5.74) is 0.706. The maximum atomic E-state index is 13.4. The fourth-order valence-corrected chi connectivity index (χ4v) is 3.16. The van der Waals surface area contributed by atoms with Gasteiger partial charge in [0.05, 0.1) is 17.1 Å². The number of nitro groups is 1. The average molecular weight is 418 g/mol. The van der Waals surface area contributed by atoms with Crippen molar-refractivity contribution >= 4 is 23.6 Å². The molecule has 0 spiro atoms. The van der Waals surface area contributed by atoms with Crippen molar-refractivity contribution in [3.8, 4) is 11.1 Å². The monoisotopic (exact) mass is 418 g/mol. The van der Waals surface area contributed by atoms with Crippen LogP contribution in [0.4, 0.5) is 11.4 Å². The predicted molar refractivity (Wildman–Crippen MR) is 118 cm³/mol. The summed E-state index contributed by atoms with van der Waals surface area (Å²) in [6, 6.07) is 20.3. The topological polar surface area (TPSA) is 89.8 Å². The lowest BCUT2D eigenvalue weighted by Crippen LogP contribution is -2.33. The standard InChI is InChI=1S/C24H22N2O5/c1-2-3-16-31-25(24(28)19-12-8-5-9-13-19)23-21(18-10-6-4-7-11-18)15-14-20(17-27)22(23)26(29)30/h4-15,17H,2-3,16H2,1H3. The summed E-state index contributed by atoms with van der Waals surface area (Å²) in [7, 11) is 0. The van der Waals surface area contributed by atoms with Crippen molar-refractivity contribution in [2.45, 2.75) is 19.8 Å². The van der Waals surface area contributed by atoms with E-state index in [1.165, 1.54) is 6.07 Å². The van der Waals surface area contributed by atoms with Crippen LogP contribution in [0.15, 0.2) is 72.8 Å². The molecule has 3 rings (SSSR count). The minimum atomic E-state index is -0.653. The van der Waals surface area contributed by atoms with Gasteiger partial charge in [-0.05, 0) is 30.2 Å². The second-order valence-corrected chi connectivity index (χ2v) is 6.79. The van der Waals surface area contributed by atoms with Gasteiger partial charge in [-0.15, -0.1) is 0 Å². The summed E-state index contributed by atoms with van der Waals surface area (Å²) in [4.78, 5) is 42.2. The van der Waals surface area contributed by atoms with E-state index in [9.17, 15) is 19.7 Å². The van der Waals surface area contributed by atoms with Gasteiger partial charge in [-0.3, -0.25) is 24.5 Å². The Morgan fingerprint density at radius 3 is 2.26 bits per heavy atom. The van der Waals surface area contributed by atoms with Gasteiger partial charge in [0.1, 0.15) is 0 Å². The van der Waals surface area contributed by atoms with Crippen molar-refractivity contribution in [2.24, 2.45) is 0 Å². The Hall–Kier alpha value is -3.84. The third kappa shape index (κ3) is 4.84. The van der Waals surface area contributed by atoms with Crippen LogP contribution in [0.3, 0.4) is 0 Å². The maximum absolute atomic E-state index is 13.4. The number of rotatable bonds is 9. The highest BCUT2D eigenvalue weighted by molar-refractivity contribution is 6.09. The van der Waals surface area contributed by atoms with E-state index in [2.05, 4.69) is 0 Å². The first-order chi connectivity index (χ1) is 15.1. The largest absolute Gasteiger partial charge is 0.306 e. The van der Waals surface area contributed by atoms with Crippen molar-refractivity contribution in [1.82, 2.24) is 0 Å². The minimum absolute atomic E-state index is 0.0641. The highest BCUT2D eigenvalue weighted by Crippen LogP contribution is 2.41. The molecule has 0 radical (unpaired) electrons. The third-order valence-corrected chi connectivity index (χ3v) is 4.70. The fraction of sp³-hybridized carbons (Fsp3) is 0.167. The molecule has 0 aliphatic heterocycles. The second-order valence-electron chi connectivity index (χ2n) is 6.79. The van der Waals surface area contributed by atoms with Gasteiger partial charge < -0.3 is 0 Å². The fourth-order valence-electron chi connectivity index (χ4n) is 3.16. The molecule has 0 saturated heterocycles. The molecule has 0 saturated carbocycles. The molecule has 0 unspecified atom stereocenters. The Morgan fingerprint density at radius 1 is 1.03 bits per heavy atom. The van der Waals surface area contributed by atoms with Crippen LogP contribution in [0.25, 0.3) is 11.1 Å². The van der Waals surface area contributed by atoms with Gasteiger partial charge in [0.15, 0.2) is 12.0 Å². The predicted octanol–water partition coefficient (Wildman–Crippen LogP) is 5.45. The number of amides is 1. The Bertz CT molecular complexity index is 1070. The van der Waals surface area contributed by atoms with E-state index in [0.29, 0.717) is 29.4 Å². The number of aldehydes is 1. The molecule has 0 bridgehead atoms. The summed E-state index contributed by atoms with van der Waals surface area (Å²) in [5, 5.41) is 13.0. The highest BCUT2D eigenvalue weighted by atomic mass is 16.7. The molecule has 0 atom stereocenters. The molecule has 3 aromatic rings. The van der Waals surface area contributed by atoms with E-state index in [1.807, 2.05) is 13.0 Å². The number of nitro benzene ring substituents is 1. The van der Waals surface area contributed by atoms with Crippen molar-refractivity contribution in [1.29, 1.82) is 0 Å². The molecule has 31 heavy (non-hydrogen) atoms. The molecule has 7 nitrogen and oxygen atoms in total. The third-order valence-electron chi connectivity index (χ3n) is 4.70. The van der Waals surface area contributed by atoms with E-state index in [0.717, 1.165) is 11.5 Å². The number of hydrogen-bond acceptors (Lipinski definition) is 5. The first kappa shape index (κ1) is 21.9. The van der Waals surface area contributed by atoms with Crippen LogP contribution in [0.1, 0.15) is 40.5 Å². The normalized spacial score (nSPS) is 10.5. The lowest BCUT2D eigenvalue weighted by molar-refractivity contribution is -0.384. The number of carbonyl (C=O) groups is 2. The second kappa shape index (κ2) is 10.3. The molecule has 0 aliphatic carbocycles. The van der Waals surface area contributed by atoms with Crippen LogP contribution in [0.2, 0.25) is 0 Å². The van der Waals surface area contributed by atoms with E-state index >= 15 is 0 Å². The molecule has 158 valence electrons. The van der Waals surface area contributed by atoms with Gasteiger partial charge in [-0.1, -0.05) is 67.9 Å². The maximum Gasteiger partial charge on any atom is 0.306 e. The quantitative estimate of drug-likeness (QED) is 0.199. The van der Waals surface area contributed by atoms with Crippen LogP contribution >= 0.6 is 0 Å². The molecule has 3 aromatic carbocycles. The summed E-state index contributed by atoms with van der Waals surface area (Å²) in [6.45, 7) is 2.16. The van der Waals surface area contributed by atoms with Crippen LogP contribution < -0.4 is 5.06 Å². The van der Waals surface area contributed by atoms with Crippen molar-refractivity contribution in [3.05, 3.63) is 94.0 Å². The lowest BCUT2D eigenvalue weighted by atomic mass is 9.99. The Morgan fingerprint density at radius 2 is 1.68 bits per heavy atom. The zero-order chi connectivity index (χ0) is 22.2. The Balaban J connectivity index is 2.27. The van der Waals surface area contributed by atoms with E-state index in [4.69, 9.17) is 4.84 Å². The first-order valence-electron chi connectivity index (χ1n) is 9.92. The Labute approximate surface area is 180 Å². The number of nitrogens with zero attached hydrogens (tertiary/aromatic N) is 2. The van der Waals surface area contributed by atoms with Gasteiger partial charge in [-0.25, -0.2) is 0 Å². The minimum Gasteiger partial charge on any atom is -0.298 e. The van der Waals surface area contributed by atoms with Gasteiger partial charge in [-0.2, -0.15) is 5.06 Å². The molecule has 7 heteroatoms. The van der Waals surface area contributed by atoms with Gasteiger partial charge in [0.2, 0.25) is 0 Å². The van der Waals surface area contributed by atoms with E-state index in [1.54, 1.807) is 60.7 Å². The summed E-state index contributed by atoms with van der Waals surface area (Å²) < 4.78 is 0. The molecular weight excluding hydrogens is 396 g/mol. The van der Waals surface area contributed by atoms with Gasteiger partial charge in [0, 0.05) is 11.1 Å². The smallest absolute Gasteiger partial charge is 0.298 e. The number of anilines is 1. The van der Waals surface area contributed by atoms with Crippen LogP contribution in [0, 0.1) is 10.1 Å². The summed E-state index contributed by atoms with van der Waals surface area (Å²) in [5.74, 6) is -0.556. The van der Waals surface area contributed by atoms with Crippen LogP contribution in [-0.2, 0) is 4.84 Å². The van der Waals surface area contributed by atoms with Crippen molar-refractivity contribution in [3.63, 3.8) is 0 Å². The van der Waals surface area contributed by atoms with Crippen LogP contribution in [-0.4, -0.2) is 23.7 Å². The number of carbonyl (C=O) groups excluding carboxylic acids is 2. The van der Waals surface area contributed by atoms with Gasteiger partial charge >= 0.3 is 5.69 Å².